The van der Waals surface area contributed by atoms with Crippen LogP contribution < -0.4 is 5.32 Å². The number of furan rings is 1. The molecule has 3 atom stereocenters. The summed E-state index contributed by atoms with van der Waals surface area (Å²) in [6.45, 7) is 3.01. The Labute approximate surface area is 90.5 Å². The van der Waals surface area contributed by atoms with E-state index in [1.807, 2.05) is 6.07 Å². The fourth-order valence-corrected chi connectivity index (χ4v) is 2.22. The smallest absolute Gasteiger partial charge is 0.0950 e. The third-order valence-corrected chi connectivity index (χ3v) is 3.35. The van der Waals surface area contributed by atoms with Crippen LogP contribution >= 0.6 is 0 Å². The van der Waals surface area contributed by atoms with E-state index in [-0.39, 0.29) is 6.10 Å². The van der Waals surface area contributed by atoms with Crippen molar-refractivity contribution < 1.29 is 9.52 Å². The molecular weight excluding hydrogens is 190 g/mol. The van der Waals surface area contributed by atoms with Gasteiger partial charge in [-0.1, -0.05) is 6.42 Å². The van der Waals surface area contributed by atoms with Gasteiger partial charge in [0.2, 0.25) is 0 Å². The Hall–Kier alpha value is -0.800. The lowest BCUT2D eigenvalue weighted by atomic mass is 10.1. The van der Waals surface area contributed by atoms with Crippen LogP contribution in [0.1, 0.15) is 37.8 Å². The summed E-state index contributed by atoms with van der Waals surface area (Å²) >= 11 is 0. The first-order valence-electron chi connectivity index (χ1n) is 5.71. The van der Waals surface area contributed by atoms with Crippen LogP contribution in [-0.4, -0.2) is 17.8 Å². The van der Waals surface area contributed by atoms with Crippen LogP contribution in [0.3, 0.4) is 0 Å². The summed E-state index contributed by atoms with van der Waals surface area (Å²) in [7, 11) is 0. The van der Waals surface area contributed by atoms with Crippen molar-refractivity contribution in [3.8, 4) is 0 Å². The predicted octanol–water partition coefficient (Wildman–Crippen LogP) is 2.09. The molecular formula is C12H19NO2. The van der Waals surface area contributed by atoms with Gasteiger partial charge in [-0.3, -0.25) is 0 Å². The summed E-state index contributed by atoms with van der Waals surface area (Å²) in [6.07, 6.45) is 6.63. The van der Waals surface area contributed by atoms with Crippen molar-refractivity contribution in [1.29, 1.82) is 0 Å². The highest BCUT2D eigenvalue weighted by Crippen LogP contribution is 2.25. The Bertz CT molecular complexity index is 284. The van der Waals surface area contributed by atoms with Gasteiger partial charge in [-0.05, 0) is 31.7 Å². The Kier molecular flexibility index (Phi) is 3.44. The molecule has 0 spiro atoms. The minimum absolute atomic E-state index is 0.103. The van der Waals surface area contributed by atoms with Crippen LogP contribution in [0.5, 0.6) is 0 Å². The van der Waals surface area contributed by atoms with E-state index < -0.39 is 0 Å². The van der Waals surface area contributed by atoms with Gasteiger partial charge >= 0.3 is 0 Å². The molecule has 0 bridgehead atoms. The topological polar surface area (TPSA) is 45.4 Å². The summed E-state index contributed by atoms with van der Waals surface area (Å²) in [4.78, 5) is 0. The molecule has 1 heterocycles. The second kappa shape index (κ2) is 4.81. The van der Waals surface area contributed by atoms with Gasteiger partial charge in [0, 0.05) is 18.2 Å². The molecule has 1 aromatic rings. The monoisotopic (exact) mass is 209 g/mol. The van der Waals surface area contributed by atoms with Gasteiger partial charge in [0.05, 0.1) is 18.6 Å². The van der Waals surface area contributed by atoms with E-state index in [0.29, 0.717) is 12.0 Å². The first-order valence-corrected chi connectivity index (χ1v) is 5.71. The maximum Gasteiger partial charge on any atom is 0.0950 e. The summed E-state index contributed by atoms with van der Waals surface area (Å²) < 4.78 is 5.04. The molecule has 0 saturated heterocycles. The van der Waals surface area contributed by atoms with Crippen LogP contribution in [0, 0.1) is 5.92 Å². The fourth-order valence-electron chi connectivity index (χ4n) is 2.22. The molecule has 1 aromatic heterocycles. The van der Waals surface area contributed by atoms with Crippen molar-refractivity contribution in [2.45, 2.75) is 38.3 Å². The van der Waals surface area contributed by atoms with Gasteiger partial charge in [-0.2, -0.15) is 0 Å². The zero-order valence-electron chi connectivity index (χ0n) is 9.15. The number of rotatable bonds is 4. The Morgan fingerprint density at radius 3 is 3.07 bits per heavy atom. The maximum absolute atomic E-state index is 9.67. The van der Waals surface area contributed by atoms with Crippen molar-refractivity contribution in [2.24, 2.45) is 5.92 Å². The number of hydrogen-bond acceptors (Lipinski definition) is 3. The molecule has 3 nitrogen and oxygen atoms in total. The minimum atomic E-state index is -0.103. The molecule has 0 aliphatic heterocycles. The van der Waals surface area contributed by atoms with Gasteiger partial charge in [0.1, 0.15) is 0 Å². The average Bonchev–Trinajstić information content (AvgIpc) is 2.85. The van der Waals surface area contributed by atoms with E-state index in [0.717, 1.165) is 25.8 Å². The Morgan fingerprint density at radius 1 is 1.60 bits per heavy atom. The molecule has 3 unspecified atom stereocenters. The van der Waals surface area contributed by atoms with Crippen molar-refractivity contribution in [2.75, 3.05) is 6.54 Å². The first kappa shape index (κ1) is 10.7. The summed E-state index contributed by atoms with van der Waals surface area (Å²) in [5.74, 6) is 0.430. The molecule has 0 aromatic carbocycles. The standard InChI is InChI=1S/C12H19NO2/c1-9(11-5-6-15-8-11)13-7-10-3-2-4-12(10)14/h5-6,8-10,12-14H,2-4,7H2,1H3. The highest BCUT2D eigenvalue weighted by Gasteiger charge is 2.25. The maximum atomic E-state index is 9.67. The van der Waals surface area contributed by atoms with Gasteiger partial charge < -0.3 is 14.8 Å². The average molecular weight is 209 g/mol. The number of nitrogens with one attached hydrogen (secondary N) is 1. The Morgan fingerprint density at radius 2 is 2.47 bits per heavy atom. The highest BCUT2D eigenvalue weighted by molar-refractivity contribution is 5.10. The zero-order chi connectivity index (χ0) is 10.7. The second-order valence-electron chi connectivity index (χ2n) is 4.44. The van der Waals surface area contributed by atoms with Crippen LogP contribution in [0.2, 0.25) is 0 Å². The number of aliphatic hydroxyl groups excluding tert-OH is 1. The van der Waals surface area contributed by atoms with Crippen LogP contribution in [0.25, 0.3) is 0 Å². The molecule has 84 valence electrons. The largest absolute Gasteiger partial charge is 0.472 e. The highest BCUT2D eigenvalue weighted by atomic mass is 16.3. The first-order chi connectivity index (χ1) is 7.27. The third kappa shape index (κ3) is 2.61. The molecule has 1 aliphatic carbocycles. The minimum Gasteiger partial charge on any atom is -0.472 e. The van der Waals surface area contributed by atoms with E-state index in [4.69, 9.17) is 4.42 Å². The predicted molar refractivity (Wildman–Crippen MR) is 58.5 cm³/mol. The molecule has 3 heteroatoms. The second-order valence-corrected chi connectivity index (χ2v) is 4.44. The fraction of sp³-hybridized carbons (Fsp3) is 0.667. The van der Waals surface area contributed by atoms with E-state index in [1.165, 1.54) is 5.56 Å². The number of hydrogen-bond donors (Lipinski definition) is 2. The van der Waals surface area contributed by atoms with Crippen LogP contribution in [0.4, 0.5) is 0 Å². The lowest BCUT2D eigenvalue weighted by Crippen LogP contribution is -2.29. The van der Waals surface area contributed by atoms with Crippen molar-refractivity contribution in [3.63, 3.8) is 0 Å². The molecule has 1 aliphatic rings. The summed E-state index contributed by atoms with van der Waals surface area (Å²) in [5.41, 5.74) is 1.17. The summed E-state index contributed by atoms with van der Waals surface area (Å²) in [6, 6.07) is 2.28. The van der Waals surface area contributed by atoms with E-state index in [2.05, 4.69) is 12.2 Å². The number of aliphatic hydroxyl groups is 1. The zero-order valence-corrected chi connectivity index (χ0v) is 9.15. The quantitative estimate of drug-likeness (QED) is 0.798. The van der Waals surface area contributed by atoms with E-state index in [9.17, 15) is 5.11 Å². The van der Waals surface area contributed by atoms with Gasteiger partial charge in [-0.25, -0.2) is 0 Å². The molecule has 2 N–H and O–H groups in total. The lowest BCUT2D eigenvalue weighted by Gasteiger charge is -2.18. The van der Waals surface area contributed by atoms with Gasteiger partial charge in [-0.15, -0.1) is 0 Å². The molecule has 15 heavy (non-hydrogen) atoms. The van der Waals surface area contributed by atoms with Crippen molar-refractivity contribution in [1.82, 2.24) is 5.32 Å². The molecule has 0 amide bonds. The molecule has 1 fully saturated rings. The summed E-state index contributed by atoms with van der Waals surface area (Å²) in [5, 5.41) is 13.1. The Balaban J connectivity index is 1.78. The van der Waals surface area contributed by atoms with Crippen LogP contribution in [0.15, 0.2) is 23.0 Å². The normalized spacial score (nSPS) is 28.1. The lowest BCUT2D eigenvalue weighted by molar-refractivity contribution is 0.130. The third-order valence-electron chi connectivity index (χ3n) is 3.35. The van der Waals surface area contributed by atoms with E-state index >= 15 is 0 Å². The van der Waals surface area contributed by atoms with Gasteiger partial charge in [0.25, 0.3) is 0 Å². The molecule has 0 radical (unpaired) electrons. The van der Waals surface area contributed by atoms with Crippen LogP contribution in [-0.2, 0) is 0 Å². The molecule has 1 saturated carbocycles. The SMILES string of the molecule is CC(NCC1CCCC1O)c1ccoc1. The van der Waals surface area contributed by atoms with Crippen molar-refractivity contribution >= 4 is 0 Å². The molecule has 2 rings (SSSR count). The van der Waals surface area contributed by atoms with Crippen molar-refractivity contribution in [3.05, 3.63) is 24.2 Å². The van der Waals surface area contributed by atoms with Gasteiger partial charge in [0.15, 0.2) is 0 Å². The van der Waals surface area contributed by atoms with E-state index in [1.54, 1.807) is 12.5 Å².